The number of thiocarbonyl (C=S) groups is 1. The molecule has 6 nitrogen and oxygen atoms in total. The molecule has 1 aromatic carbocycles. The fourth-order valence-electron chi connectivity index (χ4n) is 4.38. The molecule has 3 heterocycles. The molecular formula is C24H29N5OS. The van der Waals surface area contributed by atoms with E-state index < -0.39 is 0 Å². The zero-order valence-electron chi connectivity index (χ0n) is 18.4. The number of likely N-dealkylation sites (N-methyl/N-ethyl adjacent to an activating group) is 1. The Bertz CT molecular complexity index is 1060. The number of hydrogen-bond acceptors (Lipinski definition) is 4. The number of rotatable bonds is 6. The third-order valence-corrected chi connectivity index (χ3v) is 6.24. The van der Waals surface area contributed by atoms with Gasteiger partial charge in [0, 0.05) is 36.4 Å². The predicted octanol–water partition coefficient (Wildman–Crippen LogP) is 3.73. The first-order valence-electron chi connectivity index (χ1n) is 10.5. The zero-order valence-corrected chi connectivity index (χ0v) is 19.2. The molecule has 2 aromatic heterocycles. The fourth-order valence-corrected chi connectivity index (χ4v) is 4.71. The van der Waals surface area contributed by atoms with Gasteiger partial charge in [0.25, 0.3) is 0 Å². The molecule has 0 spiro atoms. The van der Waals surface area contributed by atoms with E-state index in [0.717, 1.165) is 41.0 Å². The largest absolute Gasteiger partial charge is 0.508 e. The lowest BCUT2D eigenvalue weighted by Crippen LogP contribution is -2.35. The summed E-state index contributed by atoms with van der Waals surface area (Å²) in [6, 6.07) is 15.6. The minimum Gasteiger partial charge on any atom is -0.508 e. The van der Waals surface area contributed by atoms with E-state index in [2.05, 4.69) is 64.7 Å². The van der Waals surface area contributed by atoms with Crippen LogP contribution in [0.1, 0.15) is 34.7 Å². The smallest absolute Gasteiger partial charge is 0.170 e. The minimum absolute atomic E-state index is 0.0235. The first-order valence-corrected chi connectivity index (χ1v) is 10.9. The van der Waals surface area contributed by atoms with Crippen LogP contribution in [0.25, 0.3) is 5.69 Å². The molecule has 31 heavy (non-hydrogen) atoms. The number of aromatic nitrogens is 2. The molecule has 0 saturated carbocycles. The molecule has 1 saturated heterocycles. The van der Waals surface area contributed by atoms with Gasteiger partial charge >= 0.3 is 0 Å². The summed E-state index contributed by atoms with van der Waals surface area (Å²) in [7, 11) is 4.16. The molecule has 1 aliphatic rings. The molecule has 162 valence electrons. The van der Waals surface area contributed by atoms with Gasteiger partial charge in [-0.05, 0) is 88.2 Å². The monoisotopic (exact) mass is 435 g/mol. The van der Waals surface area contributed by atoms with Crippen LogP contribution in [0.15, 0.2) is 54.7 Å². The minimum atomic E-state index is -0.0235. The Morgan fingerprint density at radius 1 is 1.13 bits per heavy atom. The van der Waals surface area contributed by atoms with Crippen LogP contribution in [-0.2, 0) is 0 Å². The average Bonchev–Trinajstić information content (AvgIpc) is 3.23. The van der Waals surface area contributed by atoms with Crippen molar-refractivity contribution in [2.75, 3.05) is 27.2 Å². The van der Waals surface area contributed by atoms with Crippen LogP contribution in [0.4, 0.5) is 0 Å². The molecule has 2 N–H and O–H groups in total. The SMILES string of the molecule is Cc1cc([C@@H]2[C@@H](c3ccccn3)NC(=S)N2CCN(C)C)c(C)n1-c1ccc(O)cc1. The van der Waals surface area contributed by atoms with Crippen LogP contribution in [0.3, 0.4) is 0 Å². The number of pyridine rings is 1. The fraction of sp³-hybridized carbons (Fsp3) is 0.333. The quantitative estimate of drug-likeness (QED) is 0.576. The second kappa shape index (κ2) is 8.69. The van der Waals surface area contributed by atoms with Crippen molar-refractivity contribution in [3.05, 3.63) is 77.4 Å². The number of aryl methyl sites for hydroxylation is 1. The predicted molar refractivity (Wildman–Crippen MR) is 128 cm³/mol. The zero-order chi connectivity index (χ0) is 22.1. The van der Waals surface area contributed by atoms with Crippen molar-refractivity contribution in [1.29, 1.82) is 0 Å². The topological polar surface area (TPSA) is 56.6 Å². The Hall–Kier alpha value is -2.90. The summed E-state index contributed by atoms with van der Waals surface area (Å²) in [6.45, 7) is 6.00. The van der Waals surface area contributed by atoms with Crippen molar-refractivity contribution >= 4 is 17.3 Å². The van der Waals surface area contributed by atoms with Gasteiger partial charge < -0.3 is 24.8 Å². The highest BCUT2D eigenvalue weighted by atomic mass is 32.1. The maximum atomic E-state index is 9.70. The lowest BCUT2D eigenvalue weighted by Gasteiger charge is -2.29. The molecule has 0 radical (unpaired) electrons. The van der Waals surface area contributed by atoms with E-state index in [0.29, 0.717) is 0 Å². The second-order valence-corrected chi connectivity index (χ2v) is 8.69. The standard InChI is InChI=1S/C24H29N5OS/c1-16-15-20(17(2)29(16)18-8-10-19(30)11-9-18)23-22(21-7-5-6-12-25-21)26-24(31)28(23)14-13-27(3)4/h5-12,15,22-23,30H,13-14H2,1-4H3,(H,26,31)/t22-,23-/m1/s1. The van der Waals surface area contributed by atoms with Gasteiger partial charge in [-0.3, -0.25) is 4.98 Å². The van der Waals surface area contributed by atoms with Gasteiger partial charge in [-0.15, -0.1) is 0 Å². The van der Waals surface area contributed by atoms with Crippen molar-refractivity contribution in [2.24, 2.45) is 0 Å². The lowest BCUT2D eigenvalue weighted by molar-refractivity contribution is 0.277. The number of phenols is 1. The summed E-state index contributed by atoms with van der Waals surface area (Å²) >= 11 is 5.77. The molecule has 1 aliphatic heterocycles. The van der Waals surface area contributed by atoms with E-state index in [1.165, 1.54) is 5.56 Å². The van der Waals surface area contributed by atoms with Crippen LogP contribution < -0.4 is 5.32 Å². The van der Waals surface area contributed by atoms with Gasteiger partial charge in [-0.1, -0.05) is 6.07 Å². The molecule has 0 unspecified atom stereocenters. The second-order valence-electron chi connectivity index (χ2n) is 8.30. The third kappa shape index (κ3) is 4.16. The number of nitrogens with zero attached hydrogens (tertiary/aromatic N) is 4. The number of aromatic hydroxyl groups is 1. The maximum Gasteiger partial charge on any atom is 0.170 e. The highest BCUT2D eigenvalue weighted by Gasteiger charge is 2.41. The van der Waals surface area contributed by atoms with Gasteiger partial charge in [0.2, 0.25) is 0 Å². The van der Waals surface area contributed by atoms with Crippen LogP contribution in [0.5, 0.6) is 5.75 Å². The molecular weight excluding hydrogens is 406 g/mol. The van der Waals surface area contributed by atoms with E-state index >= 15 is 0 Å². The van der Waals surface area contributed by atoms with Gasteiger partial charge in [-0.2, -0.15) is 0 Å². The van der Waals surface area contributed by atoms with Gasteiger partial charge in [0.1, 0.15) is 5.75 Å². The Balaban J connectivity index is 1.80. The van der Waals surface area contributed by atoms with Crippen LogP contribution in [-0.4, -0.2) is 56.8 Å². The molecule has 0 aliphatic carbocycles. The molecule has 7 heteroatoms. The highest BCUT2D eigenvalue weighted by molar-refractivity contribution is 7.80. The lowest BCUT2D eigenvalue weighted by atomic mass is 9.97. The van der Waals surface area contributed by atoms with Gasteiger partial charge in [0.05, 0.1) is 17.8 Å². The Morgan fingerprint density at radius 2 is 1.87 bits per heavy atom. The maximum absolute atomic E-state index is 9.70. The molecule has 0 amide bonds. The van der Waals surface area contributed by atoms with Crippen LogP contribution >= 0.6 is 12.2 Å². The van der Waals surface area contributed by atoms with Crippen LogP contribution in [0.2, 0.25) is 0 Å². The number of benzene rings is 1. The molecule has 3 aromatic rings. The Morgan fingerprint density at radius 3 is 2.52 bits per heavy atom. The average molecular weight is 436 g/mol. The number of phenolic OH excluding ortho intramolecular Hbond substituents is 1. The van der Waals surface area contributed by atoms with E-state index in [1.807, 2.05) is 30.5 Å². The summed E-state index contributed by atoms with van der Waals surface area (Å²) in [5.41, 5.74) is 5.55. The van der Waals surface area contributed by atoms with Crippen molar-refractivity contribution in [1.82, 2.24) is 24.7 Å². The molecule has 2 atom stereocenters. The third-order valence-electron chi connectivity index (χ3n) is 5.88. The van der Waals surface area contributed by atoms with E-state index in [1.54, 1.807) is 12.1 Å². The summed E-state index contributed by atoms with van der Waals surface area (Å²) in [4.78, 5) is 9.10. The highest BCUT2D eigenvalue weighted by Crippen LogP contribution is 2.41. The molecule has 0 bridgehead atoms. The molecule has 1 fully saturated rings. The van der Waals surface area contributed by atoms with Crippen molar-refractivity contribution in [3.63, 3.8) is 0 Å². The van der Waals surface area contributed by atoms with Crippen LogP contribution in [0, 0.1) is 13.8 Å². The molecule has 4 rings (SSSR count). The first-order chi connectivity index (χ1) is 14.9. The summed E-state index contributed by atoms with van der Waals surface area (Å²) < 4.78 is 2.23. The number of nitrogens with one attached hydrogen (secondary N) is 1. The van der Waals surface area contributed by atoms with Crippen molar-refractivity contribution < 1.29 is 5.11 Å². The Kier molecular flexibility index (Phi) is 5.98. The van der Waals surface area contributed by atoms with Gasteiger partial charge in [0.15, 0.2) is 5.11 Å². The van der Waals surface area contributed by atoms with E-state index in [4.69, 9.17) is 12.2 Å². The van der Waals surface area contributed by atoms with Crippen molar-refractivity contribution in [2.45, 2.75) is 25.9 Å². The van der Waals surface area contributed by atoms with Gasteiger partial charge in [-0.25, -0.2) is 0 Å². The normalized spacial score (nSPS) is 18.6. The number of hydrogen-bond donors (Lipinski definition) is 2. The van der Waals surface area contributed by atoms with E-state index in [-0.39, 0.29) is 17.8 Å². The van der Waals surface area contributed by atoms with E-state index in [9.17, 15) is 5.11 Å². The van der Waals surface area contributed by atoms with Crippen molar-refractivity contribution in [3.8, 4) is 11.4 Å². The first kappa shape index (κ1) is 21.3. The Labute approximate surface area is 189 Å². The summed E-state index contributed by atoms with van der Waals surface area (Å²) in [5, 5.41) is 14.0. The summed E-state index contributed by atoms with van der Waals surface area (Å²) in [5.74, 6) is 0.266. The summed E-state index contributed by atoms with van der Waals surface area (Å²) in [6.07, 6.45) is 1.83.